The summed E-state index contributed by atoms with van der Waals surface area (Å²) < 4.78 is 38.9. The summed E-state index contributed by atoms with van der Waals surface area (Å²) >= 11 is 1.75. The molecular formula is C19H22F3N3OS. The fraction of sp³-hybridized carbons (Fsp3) is 0.421. The Morgan fingerprint density at radius 2 is 1.89 bits per heavy atom. The molecule has 1 aliphatic heterocycles. The maximum atomic E-state index is 13.0. The molecule has 1 aromatic carbocycles. The molecule has 1 fully saturated rings. The van der Waals surface area contributed by atoms with Crippen molar-refractivity contribution in [2.24, 2.45) is 5.92 Å². The van der Waals surface area contributed by atoms with E-state index in [9.17, 15) is 18.0 Å². The van der Waals surface area contributed by atoms with Crippen molar-refractivity contribution in [3.63, 3.8) is 0 Å². The summed E-state index contributed by atoms with van der Waals surface area (Å²) in [4.78, 5) is 15.7. The summed E-state index contributed by atoms with van der Waals surface area (Å²) in [5, 5.41) is 7.09. The lowest BCUT2D eigenvalue weighted by atomic mass is 9.97. The first-order valence-electron chi connectivity index (χ1n) is 8.87. The number of hydrogen-bond donors (Lipinski definition) is 2. The third-order valence-corrected chi connectivity index (χ3v) is 5.56. The second kappa shape index (κ2) is 8.75. The zero-order valence-electron chi connectivity index (χ0n) is 14.8. The number of carbonyl (C=O) groups excluding carboxylic acids is 1. The van der Waals surface area contributed by atoms with Gasteiger partial charge in [-0.2, -0.15) is 13.2 Å². The first kappa shape index (κ1) is 19.7. The van der Waals surface area contributed by atoms with Crippen LogP contribution in [0.4, 0.5) is 23.7 Å². The van der Waals surface area contributed by atoms with Crippen LogP contribution in [0.2, 0.25) is 0 Å². The molecule has 8 heteroatoms. The van der Waals surface area contributed by atoms with Crippen LogP contribution in [0.25, 0.3) is 0 Å². The number of benzene rings is 1. The Kier molecular flexibility index (Phi) is 6.38. The summed E-state index contributed by atoms with van der Waals surface area (Å²) in [6, 6.07) is 8.55. The number of carbonyl (C=O) groups is 1. The van der Waals surface area contributed by atoms with Crippen LogP contribution in [0.5, 0.6) is 0 Å². The molecule has 2 amide bonds. The summed E-state index contributed by atoms with van der Waals surface area (Å²) in [5.41, 5.74) is -1.07. The highest BCUT2D eigenvalue weighted by molar-refractivity contribution is 7.09. The molecule has 27 heavy (non-hydrogen) atoms. The maximum absolute atomic E-state index is 13.0. The van der Waals surface area contributed by atoms with Gasteiger partial charge in [-0.05, 0) is 55.4 Å². The Balaban J connectivity index is 1.43. The largest absolute Gasteiger partial charge is 0.418 e. The quantitative estimate of drug-likeness (QED) is 0.761. The van der Waals surface area contributed by atoms with E-state index in [1.54, 1.807) is 11.3 Å². The molecule has 1 aromatic heterocycles. The number of piperidine rings is 1. The van der Waals surface area contributed by atoms with Gasteiger partial charge < -0.3 is 10.6 Å². The molecule has 3 rings (SSSR count). The summed E-state index contributed by atoms with van der Waals surface area (Å²) in [7, 11) is 0. The topological polar surface area (TPSA) is 44.4 Å². The molecule has 0 atom stereocenters. The van der Waals surface area contributed by atoms with E-state index in [1.807, 2.05) is 6.07 Å². The molecule has 0 spiro atoms. The molecule has 1 aliphatic rings. The van der Waals surface area contributed by atoms with Crippen LogP contribution >= 0.6 is 11.3 Å². The predicted octanol–water partition coefficient (Wildman–Crippen LogP) is 4.80. The number of amides is 2. The van der Waals surface area contributed by atoms with Crippen molar-refractivity contribution >= 4 is 23.1 Å². The number of thiophene rings is 1. The predicted molar refractivity (Wildman–Crippen MR) is 101 cm³/mol. The molecule has 2 aromatic rings. The average molecular weight is 397 g/mol. The van der Waals surface area contributed by atoms with Gasteiger partial charge in [-0.15, -0.1) is 11.3 Å². The highest BCUT2D eigenvalue weighted by atomic mass is 32.1. The molecule has 0 radical (unpaired) electrons. The number of nitrogens with zero attached hydrogens (tertiary/aromatic N) is 1. The third kappa shape index (κ3) is 5.71. The van der Waals surface area contributed by atoms with Crippen LogP contribution in [-0.2, 0) is 12.7 Å². The van der Waals surface area contributed by atoms with Crippen molar-refractivity contribution in [1.29, 1.82) is 0 Å². The zero-order chi connectivity index (χ0) is 19.3. The van der Waals surface area contributed by atoms with Gasteiger partial charge in [0, 0.05) is 18.0 Å². The van der Waals surface area contributed by atoms with E-state index in [1.165, 1.54) is 23.1 Å². The van der Waals surface area contributed by atoms with Crippen molar-refractivity contribution in [3.05, 3.63) is 52.2 Å². The van der Waals surface area contributed by atoms with E-state index in [2.05, 4.69) is 27.0 Å². The number of rotatable bonds is 5. The first-order chi connectivity index (χ1) is 12.9. The molecule has 2 heterocycles. The number of hydrogen-bond acceptors (Lipinski definition) is 3. The number of para-hydroxylation sites is 1. The second-order valence-electron chi connectivity index (χ2n) is 6.68. The van der Waals surface area contributed by atoms with Crippen molar-refractivity contribution in [3.8, 4) is 0 Å². The lowest BCUT2D eigenvalue weighted by molar-refractivity contribution is -0.136. The Labute approximate surface area is 160 Å². The van der Waals surface area contributed by atoms with Crippen LogP contribution in [-0.4, -0.2) is 30.6 Å². The molecule has 4 nitrogen and oxygen atoms in total. The fourth-order valence-electron chi connectivity index (χ4n) is 3.21. The van der Waals surface area contributed by atoms with Crippen molar-refractivity contribution in [1.82, 2.24) is 10.2 Å². The van der Waals surface area contributed by atoms with Crippen LogP contribution in [0.3, 0.4) is 0 Å². The van der Waals surface area contributed by atoms with E-state index in [-0.39, 0.29) is 5.69 Å². The normalized spacial score (nSPS) is 16.3. The monoisotopic (exact) mass is 397 g/mol. The van der Waals surface area contributed by atoms with Gasteiger partial charge in [-0.3, -0.25) is 4.90 Å². The molecule has 2 N–H and O–H groups in total. The van der Waals surface area contributed by atoms with Gasteiger partial charge in [-0.25, -0.2) is 4.79 Å². The number of likely N-dealkylation sites (tertiary alicyclic amines) is 1. The Morgan fingerprint density at radius 1 is 1.15 bits per heavy atom. The lowest BCUT2D eigenvalue weighted by Gasteiger charge is -2.31. The van der Waals surface area contributed by atoms with Gasteiger partial charge in [0.15, 0.2) is 0 Å². The minimum atomic E-state index is -4.50. The van der Waals surface area contributed by atoms with Gasteiger partial charge in [0.25, 0.3) is 0 Å². The van der Waals surface area contributed by atoms with E-state index in [0.29, 0.717) is 12.5 Å². The van der Waals surface area contributed by atoms with E-state index < -0.39 is 17.8 Å². The Hall–Kier alpha value is -2.06. The van der Waals surface area contributed by atoms with Crippen LogP contribution in [0.15, 0.2) is 41.8 Å². The molecule has 146 valence electrons. The van der Waals surface area contributed by atoms with Gasteiger partial charge >= 0.3 is 12.2 Å². The van der Waals surface area contributed by atoms with Crippen molar-refractivity contribution < 1.29 is 18.0 Å². The molecule has 0 unspecified atom stereocenters. The van der Waals surface area contributed by atoms with Gasteiger partial charge in [0.1, 0.15) is 0 Å². The molecule has 0 saturated carbocycles. The molecule has 0 bridgehead atoms. The maximum Gasteiger partial charge on any atom is 0.418 e. The van der Waals surface area contributed by atoms with E-state index in [4.69, 9.17) is 0 Å². The van der Waals surface area contributed by atoms with Crippen LogP contribution < -0.4 is 10.6 Å². The second-order valence-corrected chi connectivity index (χ2v) is 7.71. The first-order valence-corrected chi connectivity index (χ1v) is 9.75. The number of urea groups is 1. The molecule has 0 aliphatic carbocycles. The number of halogens is 3. The zero-order valence-corrected chi connectivity index (χ0v) is 15.6. The minimum Gasteiger partial charge on any atom is -0.338 e. The Morgan fingerprint density at radius 3 is 2.56 bits per heavy atom. The van der Waals surface area contributed by atoms with Gasteiger partial charge in [0.2, 0.25) is 0 Å². The summed E-state index contributed by atoms with van der Waals surface area (Å²) in [6.45, 7) is 3.34. The minimum absolute atomic E-state index is 0.228. The van der Waals surface area contributed by atoms with Crippen molar-refractivity contribution in [2.45, 2.75) is 25.6 Å². The lowest BCUT2D eigenvalue weighted by Crippen LogP contribution is -2.39. The standard InChI is InChI=1S/C19H22F3N3OS/c20-19(21,22)16-5-1-2-6-17(16)24-18(26)23-12-14-7-9-25(10-8-14)13-15-4-3-11-27-15/h1-6,11,14H,7-10,12-13H2,(H2,23,24,26). The molecule has 1 saturated heterocycles. The summed E-state index contributed by atoms with van der Waals surface area (Å²) in [6.07, 6.45) is -2.57. The fourth-order valence-corrected chi connectivity index (χ4v) is 3.96. The van der Waals surface area contributed by atoms with Crippen molar-refractivity contribution in [2.75, 3.05) is 25.0 Å². The SMILES string of the molecule is O=C(NCC1CCN(Cc2cccs2)CC1)Nc1ccccc1C(F)(F)F. The van der Waals surface area contributed by atoms with Gasteiger partial charge in [-0.1, -0.05) is 18.2 Å². The van der Waals surface area contributed by atoms with E-state index in [0.717, 1.165) is 38.5 Å². The van der Waals surface area contributed by atoms with Crippen LogP contribution in [0, 0.1) is 5.92 Å². The summed E-state index contributed by atoms with van der Waals surface area (Å²) in [5.74, 6) is 0.341. The Bertz CT molecular complexity index is 741. The van der Waals surface area contributed by atoms with E-state index >= 15 is 0 Å². The third-order valence-electron chi connectivity index (χ3n) is 4.70. The van der Waals surface area contributed by atoms with Crippen LogP contribution in [0.1, 0.15) is 23.3 Å². The number of nitrogens with one attached hydrogen (secondary N) is 2. The number of alkyl halides is 3. The average Bonchev–Trinajstić information content (AvgIpc) is 3.14. The highest BCUT2D eigenvalue weighted by Gasteiger charge is 2.33. The smallest absolute Gasteiger partial charge is 0.338 e. The number of anilines is 1. The highest BCUT2D eigenvalue weighted by Crippen LogP contribution is 2.34. The van der Waals surface area contributed by atoms with Gasteiger partial charge in [0.05, 0.1) is 11.3 Å². The molecular weight excluding hydrogens is 375 g/mol.